The van der Waals surface area contributed by atoms with Crippen LogP contribution in [0, 0.1) is 11.8 Å². The molecule has 0 aromatic rings. The maximum atomic E-state index is 3.28. The molecule has 0 aliphatic heterocycles. The summed E-state index contributed by atoms with van der Waals surface area (Å²) in [5.41, 5.74) is 18.1. The monoisotopic (exact) mass is 292 g/mol. The quantitative estimate of drug-likeness (QED) is 0.512. The Bertz CT molecular complexity index is 619. The second-order valence-electron chi connectivity index (χ2n) is 6.81. The molecule has 0 aromatic heterocycles. The first kappa shape index (κ1) is 16.6. The highest BCUT2D eigenvalue weighted by Crippen LogP contribution is 2.38. The average molecular weight is 292 g/mol. The van der Waals surface area contributed by atoms with Gasteiger partial charge < -0.3 is 0 Å². The van der Waals surface area contributed by atoms with E-state index in [0.29, 0.717) is 11.8 Å². The molecule has 0 spiro atoms. The molecular formula is C22H28. The lowest BCUT2D eigenvalue weighted by atomic mass is 9.96. The van der Waals surface area contributed by atoms with Crippen LogP contribution in [0.1, 0.15) is 55.4 Å². The van der Waals surface area contributed by atoms with Gasteiger partial charge in [-0.25, -0.2) is 0 Å². The van der Waals surface area contributed by atoms with Crippen LogP contribution in [0.15, 0.2) is 68.2 Å². The van der Waals surface area contributed by atoms with Gasteiger partial charge in [-0.2, -0.15) is 0 Å². The Labute approximate surface area is 136 Å². The van der Waals surface area contributed by atoms with Crippen molar-refractivity contribution in [2.24, 2.45) is 11.8 Å². The molecule has 0 amide bonds. The van der Waals surface area contributed by atoms with Crippen LogP contribution in [-0.2, 0) is 0 Å². The molecule has 0 nitrogen and oxygen atoms in total. The van der Waals surface area contributed by atoms with Crippen LogP contribution in [0.3, 0.4) is 0 Å². The molecule has 0 heterocycles. The Morgan fingerprint density at radius 3 is 0.955 bits per heavy atom. The number of rotatable bonds is 2. The molecule has 2 rings (SSSR count). The van der Waals surface area contributed by atoms with Gasteiger partial charge in [-0.1, -0.05) is 33.8 Å². The van der Waals surface area contributed by atoms with Crippen molar-refractivity contribution in [1.82, 2.24) is 0 Å². The summed E-state index contributed by atoms with van der Waals surface area (Å²) >= 11 is 0. The van der Waals surface area contributed by atoms with Crippen molar-refractivity contribution < 1.29 is 0 Å². The molecule has 2 aliphatic rings. The first-order chi connectivity index (χ1) is 10.3. The van der Waals surface area contributed by atoms with Crippen molar-refractivity contribution in [3.05, 3.63) is 68.2 Å². The molecule has 0 heteroatoms. The van der Waals surface area contributed by atoms with Crippen LogP contribution < -0.4 is 0 Å². The minimum Gasteiger partial charge on any atom is -0.0740 e. The van der Waals surface area contributed by atoms with E-state index >= 15 is 0 Å². The van der Waals surface area contributed by atoms with Gasteiger partial charge in [0.05, 0.1) is 0 Å². The van der Waals surface area contributed by atoms with Gasteiger partial charge in [0.1, 0.15) is 0 Å². The molecule has 0 radical (unpaired) electrons. The zero-order valence-corrected chi connectivity index (χ0v) is 15.3. The van der Waals surface area contributed by atoms with Crippen LogP contribution in [0.2, 0.25) is 0 Å². The van der Waals surface area contributed by atoms with Gasteiger partial charge in [0.2, 0.25) is 0 Å². The molecule has 0 fully saturated rings. The van der Waals surface area contributed by atoms with Crippen molar-refractivity contribution in [3.8, 4) is 0 Å². The van der Waals surface area contributed by atoms with Crippen LogP contribution in [0.25, 0.3) is 0 Å². The number of hydrogen-bond acceptors (Lipinski definition) is 0. The van der Waals surface area contributed by atoms with Crippen LogP contribution >= 0.6 is 0 Å². The van der Waals surface area contributed by atoms with Crippen molar-refractivity contribution in [1.29, 1.82) is 0 Å². The topological polar surface area (TPSA) is 0 Å². The largest absolute Gasteiger partial charge is 0.0740 e. The first-order valence-electron chi connectivity index (χ1n) is 8.15. The molecule has 22 heavy (non-hydrogen) atoms. The molecule has 116 valence electrons. The third-order valence-corrected chi connectivity index (χ3v) is 5.94. The van der Waals surface area contributed by atoms with E-state index in [1.807, 2.05) is 0 Å². The molecule has 0 atom stereocenters. The van der Waals surface area contributed by atoms with Crippen molar-refractivity contribution in [2.45, 2.75) is 55.4 Å². The highest BCUT2D eigenvalue weighted by Gasteiger charge is 2.22. The zero-order valence-electron chi connectivity index (χ0n) is 15.3. The minimum absolute atomic E-state index is 0.404. The van der Waals surface area contributed by atoms with E-state index in [-0.39, 0.29) is 0 Å². The lowest BCUT2D eigenvalue weighted by molar-refractivity contribution is 0.906. The SMILES string of the molecule is CC1=C(C)C(C=C=C=CC2C(C)=C(C)C(C)=C2C)C(C)=C1C. The second-order valence-corrected chi connectivity index (χ2v) is 6.81. The van der Waals surface area contributed by atoms with Crippen LogP contribution in [0.4, 0.5) is 0 Å². The van der Waals surface area contributed by atoms with E-state index in [1.165, 1.54) is 44.6 Å². The Morgan fingerprint density at radius 1 is 0.500 bits per heavy atom. The van der Waals surface area contributed by atoms with E-state index in [4.69, 9.17) is 0 Å². The fourth-order valence-corrected chi connectivity index (χ4v) is 3.53. The Hall–Kier alpha value is -1.74. The first-order valence-corrected chi connectivity index (χ1v) is 8.15. The van der Waals surface area contributed by atoms with Gasteiger partial charge in [0.25, 0.3) is 0 Å². The van der Waals surface area contributed by atoms with Crippen molar-refractivity contribution in [3.63, 3.8) is 0 Å². The van der Waals surface area contributed by atoms with E-state index in [1.54, 1.807) is 0 Å². The van der Waals surface area contributed by atoms with Crippen molar-refractivity contribution >= 4 is 0 Å². The Balaban J connectivity index is 2.28. The summed E-state index contributed by atoms with van der Waals surface area (Å²) in [6.07, 6.45) is 4.32. The van der Waals surface area contributed by atoms with Gasteiger partial charge in [-0.05, 0) is 89.8 Å². The molecule has 0 bridgehead atoms. The minimum atomic E-state index is 0.404. The summed E-state index contributed by atoms with van der Waals surface area (Å²) in [6, 6.07) is 0. The summed E-state index contributed by atoms with van der Waals surface area (Å²) in [6.45, 7) is 17.8. The summed E-state index contributed by atoms with van der Waals surface area (Å²) < 4.78 is 0. The molecule has 0 saturated heterocycles. The molecular weight excluding hydrogens is 264 g/mol. The molecule has 0 saturated carbocycles. The maximum Gasteiger partial charge on any atom is 0.0274 e. The predicted molar refractivity (Wildman–Crippen MR) is 96.6 cm³/mol. The third-order valence-electron chi connectivity index (χ3n) is 5.94. The molecule has 0 N–H and O–H groups in total. The van der Waals surface area contributed by atoms with E-state index in [0.717, 1.165) is 0 Å². The average Bonchev–Trinajstić information content (AvgIpc) is 2.79. The summed E-state index contributed by atoms with van der Waals surface area (Å²) in [7, 11) is 0. The van der Waals surface area contributed by atoms with E-state index in [9.17, 15) is 0 Å². The van der Waals surface area contributed by atoms with Crippen LogP contribution in [0.5, 0.6) is 0 Å². The van der Waals surface area contributed by atoms with E-state index in [2.05, 4.69) is 79.0 Å². The van der Waals surface area contributed by atoms with Crippen molar-refractivity contribution in [2.75, 3.05) is 0 Å². The Morgan fingerprint density at radius 2 is 0.727 bits per heavy atom. The van der Waals surface area contributed by atoms with Gasteiger partial charge in [0.15, 0.2) is 0 Å². The second kappa shape index (κ2) is 6.17. The molecule has 0 aromatic carbocycles. The lowest BCUT2D eigenvalue weighted by Crippen LogP contribution is -1.95. The van der Waals surface area contributed by atoms with Gasteiger partial charge in [0, 0.05) is 11.8 Å². The smallest absolute Gasteiger partial charge is 0.0274 e. The summed E-state index contributed by atoms with van der Waals surface area (Å²) in [5.74, 6) is 0.808. The fourth-order valence-electron chi connectivity index (χ4n) is 3.53. The zero-order chi connectivity index (χ0) is 16.6. The molecule has 2 aliphatic carbocycles. The lowest BCUT2D eigenvalue weighted by Gasteiger charge is -2.08. The predicted octanol–water partition coefficient (Wildman–Crippen LogP) is 6.46. The highest BCUT2D eigenvalue weighted by molar-refractivity contribution is 5.49. The van der Waals surface area contributed by atoms with Gasteiger partial charge in [-0.15, -0.1) is 0 Å². The summed E-state index contributed by atoms with van der Waals surface area (Å²) in [4.78, 5) is 0. The Kier molecular flexibility index (Phi) is 4.66. The molecule has 0 unspecified atom stereocenters. The fraction of sp³-hybridized carbons (Fsp3) is 0.455. The van der Waals surface area contributed by atoms with Crippen LogP contribution in [-0.4, -0.2) is 0 Å². The van der Waals surface area contributed by atoms with Gasteiger partial charge in [-0.3, -0.25) is 0 Å². The van der Waals surface area contributed by atoms with E-state index < -0.39 is 0 Å². The standard InChI is InChI=1S/C22H28/c1-13-14(2)18(6)21(17(13)5)11-9-10-12-22-19(7)15(3)16(4)20(22)8/h11-12,21-22H,1-8H3. The highest BCUT2D eigenvalue weighted by atomic mass is 14.3. The number of hydrogen-bond donors (Lipinski definition) is 0. The third kappa shape index (κ3) is 2.66. The normalized spacial score (nSPS) is 20.2. The maximum absolute atomic E-state index is 3.28. The van der Waals surface area contributed by atoms with Gasteiger partial charge >= 0.3 is 0 Å². The number of allylic oxidation sites excluding steroid dienone is 10. The summed E-state index contributed by atoms with van der Waals surface area (Å²) in [5, 5.41) is 0.